The molecule has 0 amide bonds. The number of amidine groups is 1. The highest BCUT2D eigenvalue weighted by molar-refractivity contribution is 8.13. The summed E-state index contributed by atoms with van der Waals surface area (Å²) < 4.78 is 4.93. The number of aryl methyl sites for hydroxylation is 1. The number of hydrogen-bond donors (Lipinski definition) is 1. The maximum atomic E-state index is 8.56. The Morgan fingerprint density at radius 2 is 2.16 bits per heavy atom. The predicted molar refractivity (Wildman–Crippen MR) is 73.8 cm³/mol. The summed E-state index contributed by atoms with van der Waals surface area (Å²) in [6.45, 7) is 1.74. The van der Waals surface area contributed by atoms with E-state index in [1.165, 1.54) is 11.8 Å². The Balaban J connectivity index is 2.21. The van der Waals surface area contributed by atoms with Gasteiger partial charge in [-0.1, -0.05) is 16.9 Å². The molecule has 1 aromatic heterocycles. The summed E-state index contributed by atoms with van der Waals surface area (Å²) in [6, 6.07) is 7.37. The van der Waals surface area contributed by atoms with Gasteiger partial charge in [-0.25, -0.2) is 4.99 Å². The third-order valence-electron chi connectivity index (χ3n) is 2.24. The number of hydrogen-bond acceptors (Lipinski definition) is 6. The second kappa shape index (κ2) is 6.02. The number of nitrogens with one attached hydrogen (secondary N) is 1. The van der Waals surface area contributed by atoms with Gasteiger partial charge < -0.3 is 4.52 Å². The van der Waals surface area contributed by atoms with Crippen LogP contribution in [0.3, 0.4) is 0 Å². The lowest BCUT2D eigenvalue weighted by molar-refractivity contribution is 0.394. The Hall–Kier alpha value is -2.33. The van der Waals surface area contributed by atoms with E-state index in [-0.39, 0.29) is 0 Å². The molecular formula is C12H11N5OS. The highest BCUT2D eigenvalue weighted by Gasteiger charge is 2.05. The van der Waals surface area contributed by atoms with Crippen LogP contribution in [-0.4, -0.2) is 21.6 Å². The van der Waals surface area contributed by atoms with Crippen molar-refractivity contribution in [3.8, 4) is 17.6 Å². The van der Waals surface area contributed by atoms with Gasteiger partial charge in [0.1, 0.15) is 0 Å². The lowest BCUT2D eigenvalue weighted by Gasteiger charge is -2.00. The summed E-state index contributed by atoms with van der Waals surface area (Å²) in [7, 11) is 0. The Bertz CT molecular complexity index is 626. The van der Waals surface area contributed by atoms with Gasteiger partial charge in [0.2, 0.25) is 11.7 Å². The molecular weight excluding hydrogens is 262 g/mol. The fraction of sp³-hybridized carbons (Fsp3) is 0.167. The minimum atomic E-state index is 0.528. The van der Waals surface area contributed by atoms with Crippen LogP contribution in [0.4, 0.5) is 5.69 Å². The highest BCUT2D eigenvalue weighted by atomic mass is 32.2. The average molecular weight is 273 g/mol. The van der Waals surface area contributed by atoms with Gasteiger partial charge in [-0.2, -0.15) is 10.2 Å². The number of thioether (sulfide) groups is 1. The number of nitriles is 1. The van der Waals surface area contributed by atoms with E-state index in [1.807, 2.05) is 36.7 Å². The predicted octanol–water partition coefficient (Wildman–Crippen LogP) is 2.47. The first-order valence-electron chi connectivity index (χ1n) is 5.41. The van der Waals surface area contributed by atoms with Crippen molar-refractivity contribution in [1.29, 1.82) is 5.26 Å². The quantitative estimate of drug-likeness (QED) is 0.391. The summed E-state index contributed by atoms with van der Waals surface area (Å²) in [5.41, 5.74) is 1.60. The van der Waals surface area contributed by atoms with Crippen molar-refractivity contribution in [2.45, 2.75) is 6.92 Å². The standard InChI is InChI=1S/C12H11N5OS/c1-8-15-11(17-18-8)9-3-5-10(6-4-9)16-12(19-2)14-7-13/h3-6H,1-2H3,(H,14,16). The normalized spacial score (nSPS) is 11.1. The van der Waals surface area contributed by atoms with Crippen LogP contribution in [0, 0.1) is 18.4 Å². The van der Waals surface area contributed by atoms with Crippen LogP contribution in [0.1, 0.15) is 5.89 Å². The molecule has 0 aliphatic rings. The Kier molecular flexibility index (Phi) is 4.15. The summed E-state index contributed by atoms with van der Waals surface area (Å²) in [4.78, 5) is 8.43. The maximum absolute atomic E-state index is 8.56. The fourth-order valence-electron chi connectivity index (χ4n) is 1.39. The zero-order valence-corrected chi connectivity index (χ0v) is 11.2. The van der Waals surface area contributed by atoms with Crippen molar-refractivity contribution in [2.75, 3.05) is 6.26 Å². The maximum Gasteiger partial charge on any atom is 0.223 e. The van der Waals surface area contributed by atoms with Crippen LogP contribution >= 0.6 is 11.8 Å². The first-order valence-corrected chi connectivity index (χ1v) is 6.64. The van der Waals surface area contributed by atoms with Crippen molar-refractivity contribution in [3.63, 3.8) is 0 Å². The second-order valence-electron chi connectivity index (χ2n) is 3.54. The smallest absolute Gasteiger partial charge is 0.223 e. The zero-order chi connectivity index (χ0) is 13.7. The molecule has 2 rings (SSSR count). The van der Waals surface area contributed by atoms with Crippen LogP contribution in [0.5, 0.6) is 0 Å². The third-order valence-corrected chi connectivity index (χ3v) is 2.82. The lowest BCUT2D eigenvalue weighted by atomic mass is 10.2. The highest BCUT2D eigenvalue weighted by Crippen LogP contribution is 2.20. The summed E-state index contributed by atoms with van der Waals surface area (Å²) in [5, 5.41) is 15.5. The van der Waals surface area contributed by atoms with E-state index in [4.69, 9.17) is 9.78 Å². The van der Waals surface area contributed by atoms with E-state index >= 15 is 0 Å². The molecule has 0 bridgehead atoms. The van der Waals surface area contributed by atoms with Crippen LogP contribution < -0.4 is 5.32 Å². The minimum absolute atomic E-state index is 0.528. The molecule has 0 aliphatic heterocycles. The van der Waals surface area contributed by atoms with Gasteiger partial charge in [-0.3, -0.25) is 5.32 Å². The molecule has 6 nitrogen and oxygen atoms in total. The molecule has 0 radical (unpaired) electrons. The van der Waals surface area contributed by atoms with Gasteiger partial charge in [-0.05, 0) is 30.5 Å². The molecule has 1 aromatic carbocycles. The number of aromatic nitrogens is 2. The Morgan fingerprint density at radius 3 is 2.68 bits per heavy atom. The van der Waals surface area contributed by atoms with E-state index in [9.17, 15) is 0 Å². The molecule has 1 heterocycles. The summed E-state index contributed by atoms with van der Waals surface area (Å²) >= 11 is 1.37. The average Bonchev–Trinajstić information content (AvgIpc) is 2.86. The lowest BCUT2D eigenvalue weighted by Crippen LogP contribution is -2.12. The van der Waals surface area contributed by atoms with Crippen LogP contribution in [-0.2, 0) is 0 Å². The van der Waals surface area contributed by atoms with Crippen LogP contribution in [0.15, 0.2) is 33.8 Å². The first kappa shape index (κ1) is 13.1. The molecule has 19 heavy (non-hydrogen) atoms. The summed E-state index contributed by atoms with van der Waals surface area (Å²) in [5.74, 6) is 1.08. The van der Waals surface area contributed by atoms with E-state index in [0.717, 1.165) is 11.3 Å². The van der Waals surface area contributed by atoms with E-state index in [0.29, 0.717) is 16.9 Å². The van der Waals surface area contributed by atoms with Crippen LogP contribution in [0.25, 0.3) is 11.4 Å². The van der Waals surface area contributed by atoms with E-state index < -0.39 is 0 Å². The van der Waals surface area contributed by atoms with Gasteiger partial charge in [-0.15, -0.1) is 0 Å². The van der Waals surface area contributed by atoms with Gasteiger partial charge in [0.25, 0.3) is 0 Å². The molecule has 0 unspecified atom stereocenters. The van der Waals surface area contributed by atoms with Crippen molar-refractivity contribution < 1.29 is 4.52 Å². The van der Waals surface area contributed by atoms with E-state index in [1.54, 1.807) is 6.92 Å². The molecule has 2 aromatic rings. The zero-order valence-electron chi connectivity index (χ0n) is 10.4. The van der Waals surface area contributed by atoms with Crippen LogP contribution in [0.2, 0.25) is 0 Å². The first-order chi connectivity index (χ1) is 9.22. The van der Waals surface area contributed by atoms with Gasteiger partial charge in [0.15, 0.2) is 11.4 Å². The molecule has 0 saturated heterocycles. The molecule has 0 aliphatic carbocycles. The SMILES string of the molecule is CSC(=Nc1ccc(-c2noc(C)n2)cc1)NC#N. The number of nitrogens with zero attached hydrogens (tertiary/aromatic N) is 4. The second-order valence-corrected chi connectivity index (χ2v) is 4.34. The fourth-order valence-corrected chi connectivity index (χ4v) is 1.74. The number of aliphatic imine (C=N–C) groups is 1. The molecule has 7 heteroatoms. The van der Waals surface area contributed by atoms with Crippen molar-refractivity contribution in [1.82, 2.24) is 15.5 Å². The monoisotopic (exact) mass is 273 g/mol. The molecule has 0 fully saturated rings. The van der Waals surface area contributed by atoms with Crippen molar-refractivity contribution in [2.24, 2.45) is 4.99 Å². The summed E-state index contributed by atoms with van der Waals surface area (Å²) in [6.07, 6.45) is 3.69. The molecule has 0 spiro atoms. The number of rotatable bonds is 2. The number of benzene rings is 1. The molecule has 0 atom stereocenters. The Morgan fingerprint density at radius 1 is 1.42 bits per heavy atom. The van der Waals surface area contributed by atoms with Gasteiger partial charge in [0.05, 0.1) is 5.69 Å². The van der Waals surface area contributed by atoms with Gasteiger partial charge >= 0.3 is 0 Å². The third kappa shape index (κ3) is 3.33. The van der Waals surface area contributed by atoms with E-state index in [2.05, 4.69) is 20.4 Å². The molecule has 1 N–H and O–H groups in total. The van der Waals surface area contributed by atoms with Gasteiger partial charge in [0, 0.05) is 12.5 Å². The minimum Gasteiger partial charge on any atom is -0.339 e. The van der Waals surface area contributed by atoms with Crippen molar-refractivity contribution >= 4 is 22.6 Å². The largest absolute Gasteiger partial charge is 0.339 e. The molecule has 96 valence electrons. The molecule has 0 saturated carbocycles. The topological polar surface area (TPSA) is 87.1 Å². The van der Waals surface area contributed by atoms with Crippen molar-refractivity contribution in [3.05, 3.63) is 30.2 Å². The Labute approximate surface area is 114 Å².